The maximum atomic E-state index is 13.2. The van der Waals surface area contributed by atoms with Crippen LogP contribution in [0.4, 0.5) is 0 Å². The highest BCUT2D eigenvalue weighted by molar-refractivity contribution is 5.83. The molecule has 2 fully saturated rings. The number of aliphatic hydroxyl groups excluding tert-OH is 1. The van der Waals surface area contributed by atoms with Crippen molar-refractivity contribution in [3.8, 4) is 0 Å². The molecule has 2 aliphatic rings. The number of carbonyl (C=O) groups is 1. The lowest BCUT2D eigenvalue weighted by Crippen LogP contribution is -2.52. The molecule has 1 heterocycles. The number of hydrogen-bond donors (Lipinski definition) is 2. The van der Waals surface area contributed by atoms with Gasteiger partial charge in [-0.3, -0.25) is 4.79 Å². The van der Waals surface area contributed by atoms with Gasteiger partial charge >= 0.3 is 0 Å². The van der Waals surface area contributed by atoms with Crippen LogP contribution in [0.3, 0.4) is 0 Å². The van der Waals surface area contributed by atoms with Crippen LogP contribution in [0.5, 0.6) is 0 Å². The summed E-state index contributed by atoms with van der Waals surface area (Å²) in [5.41, 5.74) is -0.169. The Labute approximate surface area is 122 Å². The number of piperidine rings is 1. The third-order valence-electron chi connectivity index (χ3n) is 5.11. The van der Waals surface area contributed by atoms with E-state index >= 15 is 0 Å². The largest absolute Gasteiger partial charge is 0.395 e. The van der Waals surface area contributed by atoms with E-state index in [1.807, 2.05) is 4.90 Å². The lowest BCUT2D eigenvalue weighted by Gasteiger charge is -2.42. The van der Waals surface area contributed by atoms with Gasteiger partial charge in [-0.1, -0.05) is 26.2 Å². The van der Waals surface area contributed by atoms with Crippen LogP contribution in [0.1, 0.15) is 58.3 Å². The SMILES string of the molecule is CCCC1(C(=O)N(CCO)C2CCCC2)CCNCC1. The lowest BCUT2D eigenvalue weighted by molar-refractivity contribution is -0.147. The molecule has 2 N–H and O–H groups in total. The molecule has 0 unspecified atom stereocenters. The summed E-state index contributed by atoms with van der Waals surface area (Å²) in [6.45, 7) is 4.67. The molecule has 0 aromatic carbocycles. The van der Waals surface area contributed by atoms with Gasteiger partial charge in [-0.05, 0) is 45.2 Å². The predicted octanol–water partition coefficient (Wildman–Crippen LogP) is 1.92. The Balaban J connectivity index is 2.13. The standard InChI is InChI=1S/C16H30N2O2/c1-2-7-16(8-10-17-11-9-16)15(20)18(12-13-19)14-5-3-4-6-14/h14,17,19H,2-13H2,1H3. The van der Waals surface area contributed by atoms with Crippen LogP contribution in [0.25, 0.3) is 0 Å². The summed E-state index contributed by atoms with van der Waals surface area (Å²) in [7, 11) is 0. The monoisotopic (exact) mass is 282 g/mol. The maximum Gasteiger partial charge on any atom is 0.229 e. The van der Waals surface area contributed by atoms with Crippen molar-refractivity contribution >= 4 is 5.91 Å². The molecular formula is C16H30N2O2. The first kappa shape index (κ1) is 15.8. The van der Waals surface area contributed by atoms with Crippen molar-refractivity contribution in [1.82, 2.24) is 10.2 Å². The van der Waals surface area contributed by atoms with Crippen molar-refractivity contribution in [2.24, 2.45) is 5.41 Å². The first-order valence-electron chi connectivity index (χ1n) is 8.36. The third-order valence-corrected chi connectivity index (χ3v) is 5.11. The Hall–Kier alpha value is -0.610. The molecule has 1 aliphatic heterocycles. The van der Waals surface area contributed by atoms with Gasteiger partial charge in [0.2, 0.25) is 5.91 Å². The molecule has 116 valence electrons. The van der Waals surface area contributed by atoms with E-state index < -0.39 is 0 Å². The first-order valence-corrected chi connectivity index (χ1v) is 8.36. The number of hydrogen-bond acceptors (Lipinski definition) is 3. The Morgan fingerprint density at radius 2 is 1.95 bits per heavy atom. The minimum atomic E-state index is -0.169. The van der Waals surface area contributed by atoms with E-state index in [4.69, 9.17) is 0 Å². The third kappa shape index (κ3) is 3.34. The summed E-state index contributed by atoms with van der Waals surface area (Å²) >= 11 is 0. The molecule has 0 aromatic rings. The number of rotatable bonds is 6. The van der Waals surface area contributed by atoms with Gasteiger partial charge in [-0.25, -0.2) is 0 Å². The van der Waals surface area contributed by atoms with Gasteiger partial charge in [0.15, 0.2) is 0 Å². The van der Waals surface area contributed by atoms with Gasteiger partial charge in [0, 0.05) is 12.6 Å². The van der Waals surface area contributed by atoms with Crippen molar-refractivity contribution in [3.05, 3.63) is 0 Å². The Morgan fingerprint density at radius 1 is 1.30 bits per heavy atom. The van der Waals surface area contributed by atoms with Gasteiger partial charge in [-0.2, -0.15) is 0 Å². The van der Waals surface area contributed by atoms with Crippen LogP contribution < -0.4 is 5.32 Å². The van der Waals surface area contributed by atoms with Crippen LogP contribution in [0, 0.1) is 5.41 Å². The minimum Gasteiger partial charge on any atom is -0.395 e. The number of nitrogens with zero attached hydrogens (tertiary/aromatic N) is 1. The summed E-state index contributed by atoms with van der Waals surface area (Å²) in [5, 5.41) is 12.7. The molecule has 0 aromatic heterocycles. The molecule has 0 bridgehead atoms. The van der Waals surface area contributed by atoms with Gasteiger partial charge in [0.05, 0.1) is 12.0 Å². The second-order valence-corrected chi connectivity index (χ2v) is 6.44. The van der Waals surface area contributed by atoms with Crippen molar-refractivity contribution < 1.29 is 9.90 Å². The summed E-state index contributed by atoms with van der Waals surface area (Å²) in [6, 6.07) is 0.373. The van der Waals surface area contributed by atoms with E-state index in [1.54, 1.807) is 0 Å². The summed E-state index contributed by atoms with van der Waals surface area (Å²) in [6.07, 6.45) is 8.64. The van der Waals surface area contributed by atoms with E-state index in [9.17, 15) is 9.90 Å². The van der Waals surface area contributed by atoms with Crippen LogP contribution in [-0.2, 0) is 4.79 Å². The zero-order chi connectivity index (χ0) is 14.4. The second kappa shape index (κ2) is 7.41. The summed E-state index contributed by atoms with van der Waals surface area (Å²) in [4.78, 5) is 15.2. The van der Waals surface area contributed by atoms with Crippen molar-refractivity contribution in [2.75, 3.05) is 26.2 Å². The Morgan fingerprint density at radius 3 is 2.50 bits per heavy atom. The van der Waals surface area contributed by atoms with Crippen LogP contribution in [0.2, 0.25) is 0 Å². The molecule has 4 heteroatoms. The smallest absolute Gasteiger partial charge is 0.229 e. The van der Waals surface area contributed by atoms with Crippen molar-refractivity contribution in [3.63, 3.8) is 0 Å². The number of aliphatic hydroxyl groups is 1. The normalized spacial score (nSPS) is 22.9. The fourth-order valence-electron chi connectivity index (χ4n) is 4.03. The molecule has 4 nitrogen and oxygen atoms in total. The zero-order valence-electron chi connectivity index (χ0n) is 12.9. The average molecular weight is 282 g/mol. The van der Waals surface area contributed by atoms with Gasteiger partial charge in [0.25, 0.3) is 0 Å². The zero-order valence-corrected chi connectivity index (χ0v) is 12.9. The van der Waals surface area contributed by atoms with E-state index in [0.717, 1.165) is 51.6 Å². The molecule has 1 saturated heterocycles. The van der Waals surface area contributed by atoms with E-state index in [2.05, 4.69) is 12.2 Å². The van der Waals surface area contributed by atoms with Crippen LogP contribution >= 0.6 is 0 Å². The molecule has 2 rings (SSSR count). The van der Waals surface area contributed by atoms with Crippen molar-refractivity contribution in [2.45, 2.75) is 64.3 Å². The summed E-state index contributed by atoms with van der Waals surface area (Å²) < 4.78 is 0. The van der Waals surface area contributed by atoms with Crippen LogP contribution in [0.15, 0.2) is 0 Å². The van der Waals surface area contributed by atoms with E-state index in [1.165, 1.54) is 12.8 Å². The average Bonchev–Trinajstić information content (AvgIpc) is 2.99. The van der Waals surface area contributed by atoms with Crippen LogP contribution in [-0.4, -0.2) is 48.2 Å². The second-order valence-electron chi connectivity index (χ2n) is 6.44. The number of amides is 1. The molecule has 1 saturated carbocycles. The van der Waals surface area contributed by atoms with Gasteiger partial charge < -0.3 is 15.3 Å². The number of carbonyl (C=O) groups excluding carboxylic acids is 1. The fraction of sp³-hybridized carbons (Fsp3) is 0.938. The topological polar surface area (TPSA) is 52.6 Å². The molecule has 1 aliphatic carbocycles. The molecule has 0 atom stereocenters. The van der Waals surface area contributed by atoms with Gasteiger partial charge in [-0.15, -0.1) is 0 Å². The van der Waals surface area contributed by atoms with Gasteiger partial charge in [0.1, 0.15) is 0 Å². The van der Waals surface area contributed by atoms with Crippen molar-refractivity contribution in [1.29, 1.82) is 0 Å². The minimum absolute atomic E-state index is 0.0860. The highest BCUT2D eigenvalue weighted by Gasteiger charge is 2.43. The molecular weight excluding hydrogens is 252 g/mol. The highest BCUT2D eigenvalue weighted by atomic mass is 16.3. The molecule has 20 heavy (non-hydrogen) atoms. The van der Waals surface area contributed by atoms with E-state index in [-0.39, 0.29) is 12.0 Å². The fourth-order valence-corrected chi connectivity index (χ4v) is 4.03. The maximum absolute atomic E-state index is 13.2. The predicted molar refractivity (Wildman–Crippen MR) is 80.5 cm³/mol. The Bertz CT molecular complexity index is 302. The summed E-state index contributed by atoms with van der Waals surface area (Å²) in [5.74, 6) is 0.321. The number of nitrogens with one attached hydrogen (secondary N) is 1. The molecule has 0 spiro atoms. The lowest BCUT2D eigenvalue weighted by atomic mass is 9.74. The molecule has 1 amide bonds. The quantitative estimate of drug-likeness (QED) is 0.782. The Kier molecular flexibility index (Phi) is 5.85. The molecule has 0 radical (unpaired) electrons. The highest BCUT2D eigenvalue weighted by Crippen LogP contribution is 2.38. The van der Waals surface area contributed by atoms with E-state index in [0.29, 0.717) is 18.5 Å². The first-order chi connectivity index (χ1) is 9.73.